The Labute approximate surface area is 110 Å². The minimum atomic E-state index is 0.0696. The fourth-order valence-corrected chi connectivity index (χ4v) is 2.32. The Morgan fingerprint density at radius 3 is 2.33 bits per heavy atom. The van der Waals surface area contributed by atoms with Gasteiger partial charge in [0.2, 0.25) is 0 Å². The van der Waals surface area contributed by atoms with Crippen molar-refractivity contribution in [3.8, 4) is 0 Å². The van der Waals surface area contributed by atoms with Crippen molar-refractivity contribution in [3.05, 3.63) is 48.0 Å². The van der Waals surface area contributed by atoms with Crippen molar-refractivity contribution in [2.75, 3.05) is 6.54 Å². The largest absolute Gasteiger partial charge is 0.289 e. The van der Waals surface area contributed by atoms with E-state index < -0.39 is 0 Å². The van der Waals surface area contributed by atoms with Gasteiger partial charge in [-0.25, -0.2) is 0 Å². The van der Waals surface area contributed by atoms with E-state index in [4.69, 9.17) is 4.99 Å². The van der Waals surface area contributed by atoms with Gasteiger partial charge < -0.3 is 0 Å². The highest BCUT2D eigenvalue weighted by atomic mass is 14.7. The standard InChI is InChI=1S/C17H21N/c1-5-18-16(17(2,3)4)15-12-8-10-13-9-6-7-11-14(13)15/h6-12H,5H2,1-4H3. The Kier molecular flexibility index (Phi) is 3.51. The first-order chi connectivity index (χ1) is 8.54. The van der Waals surface area contributed by atoms with Crippen LogP contribution in [-0.4, -0.2) is 12.3 Å². The predicted molar refractivity (Wildman–Crippen MR) is 80.5 cm³/mol. The van der Waals surface area contributed by atoms with Gasteiger partial charge in [0.25, 0.3) is 0 Å². The molecule has 0 spiro atoms. The second-order valence-corrected chi connectivity index (χ2v) is 5.60. The molecule has 2 rings (SSSR count). The zero-order valence-electron chi connectivity index (χ0n) is 11.7. The van der Waals surface area contributed by atoms with Gasteiger partial charge in [-0.05, 0) is 17.7 Å². The van der Waals surface area contributed by atoms with Gasteiger partial charge in [-0.2, -0.15) is 0 Å². The van der Waals surface area contributed by atoms with Crippen LogP contribution >= 0.6 is 0 Å². The predicted octanol–water partition coefficient (Wildman–Crippen LogP) is 4.69. The second kappa shape index (κ2) is 4.93. The monoisotopic (exact) mass is 239 g/mol. The molecule has 18 heavy (non-hydrogen) atoms. The van der Waals surface area contributed by atoms with E-state index >= 15 is 0 Å². The van der Waals surface area contributed by atoms with E-state index in [1.54, 1.807) is 0 Å². The quantitative estimate of drug-likeness (QED) is 0.674. The van der Waals surface area contributed by atoms with E-state index in [-0.39, 0.29) is 5.41 Å². The molecule has 0 atom stereocenters. The number of nitrogens with zero attached hydrogens (tertiary/aromatic N) is 1. The van der Waals surface area contributed by atoms with Crippen LogP contribution in [-0.2, 0) is 0 Å². The molecule has 2 aromatic carbocycles. The first kappa shape index (κ1) is 12.8. The minimum Gasteiger partial charge on any atom is -0.289 e. The summed E-state index contributed by atoms with van der Waals surface area (Å²) in [4.78, 5) is 4.73. The number of fused-ring (bicyclic) bond motifs is 1. The highest BCUT2D eigenvalue weighted by Gasteiger charge is 2.21. The summed E-state index contributed by atoms with van der Waals surface area (Å²) in [5, 5.41) is 2.57. The molecule has 1 heteroatoms. The van der Waals surface area contributed by atoms with Crippen molar-refractivity contribution in [2.45, 2.75) is 27.7 Å². The number of hydrogen-bond donors (Lipinski definition) is 0. The summed E-state index contributed by atoms with van der Waals surface area (Å²) in [7, 11) is 0. The Morgan fingerprint density at radius 2 is 1.67 bits per heavy atom. The number of aliphatic imine (C=N–C) groups is 1. The van der Waals surface area contributed by atoms with Gasteiger partial charge in [0.1, 0.15) is 0 Å². The molecular weight excluding hydrogens is 218 g/mol. The van der Waals surface area contributed by atoms with Crippen molar-refractivity contribution >= 4 is 16.5 Å². The van der Waals surface area contributed by atoms with E-state index in [2.05, 4.69) is 70.2 Å². The Balaban J connectivity index is 2.69. The van der Waals surface area contributed by atoms with Gasteiger partial charge in [0.15, 0.2) is 0 Å². The van der Waals surface area contributed by atoms with E-state index in [1.807, 2.05) is 0 Å². The third-order valence-corrected chi connectivity index (χ3v) is 3.07. The van der Waals surface area contributed by atoms with Crippen molar-refractivity contribution in [2.24, 2.45) is 10.4 Å². The second-order valence-electron chi connectivity index (χ2n) is 5.60. The third kappa shape index (κ3) is 2.45. The molecule has 94 valence electrons. The minimum absolute atomic E-state index is 0.0696. The van der Waals surface area contributed by atoms with Crippen molar-refractivity contribution in [1.29, 1.82) is 0 Å². The van der Waals surface area contributed by atoms with Crippen LogP contribution in [0.2, 0.25) is 0 Å². The van der Waals surface area contributed by atoms with Crippen LogP contribution in [0.5, 0.6) is 0 Å². The molecule has 0 saturated carbocycles. The summed E-state index contributed by atoms with van der Waals surface area (Å²) in [6.07, 6.45) is 0. The lowest BCUT2D eigenvalue weighted by Crippen LogP contribution is -2.22. The van der Waals surface area contributed by atoms with Crippen LogP contribution in [0.4, 0.5) is 0 Å². The highest BCUT2D eigenvalue weighted by molar-refractivity contribution is 6.13. The summed E-state index contributed by atoms with van der Waals surface area (Å²) in [5.74, 6) is 0. The number of benzene rings is 2. The van der Waals surface area contributed by atoms with E-state index in [0.717, 1.165) is 6.54 Å². The van der Waals surface area contributed by atoms with Crippen LogP contribution in [0.3, 0.4) is 0 Å². The van der Waals surface area contributed by atoms with Gasteiger partial charge in [-0.1, -0.05) is 63.2 Å². The SMILES string of the molecule is CCN=C(c1cccc2ccccc12)C(C)(C)C. The maximum absolute atomic E-state index is 4.73. The normalized spacial score (nSPS) is 13.0. The van der Waals surface area contributed by atoms with Gasteiger partial charge in [-0.15, -0.1) is 0 Å². The molecule has 0 saturated heterocycles. The maximum Gasteiger partial charge on any atom is 0.0480 e. The zero-order valence-corrected chi connectivity index (χ0v) is 11.7. The van der Waals surface area contributed by atoms with Crippen molar-refractivity contribution in [1.82, 2.24) is 0 Å². The summed E-state index contributed by atoms with van der Waals surface area (Å²) in [5.41, 5.74) is 2.53. The van der Waals surface area contributed by atoms with Crippen molar-refractivity contribution < 1.29 is 0 Å². The number of rotatable bonds is 2. The van der Waals surface area contributed by atoms with Crippen molar-refractivity contribution in [3.63, 3.8) is 0 Å². The van der Waals surface area contributed by atoms with Gasteiger partial charge >= 0.3 is 0 Å². The highest BCUT2D eigenvalue weighted by Crippen LogP contribution is 2.27. The smallest absolute Gasteiger partial charge is 0.0480 e. The molecule has 0 aliphatic rings. The van der Waals surface area contributed by atoms with E-state index in [1.165, 1.54) is 22.0 Å². The molecule has 1 nitrogen and oxygen atoms in total. The summed E-state index contributed by atoms with van der Waals surface area (Å²) < 4.78 is 0. The molecule has 0 radical (unpaired) electrons. The Bertz CT molecular complexity index is 568. The lowest BCUT2D eigenvalue weighted by Gasteiger charge is -2.23. The molecule has 0 fully saturated rings. The van der Waals surface area contributed by atoms with Crippen LogP contribution in [0.15, 0.2) is 47.5 Å². The molecule has 0 bridgehead atoms. The van der Waals surface area contributed by atoms with Crippen LogP contribution in [0.1, 0.15) is 33.3 Å². The maximum atomic E-state index is 4.73. The fourth-order valence-electron chi connectivity index (χ4n) is 2.32. The van der Waals surface area contributed by atoms with Gasteiger partial charge in [0, 0.05) is 23.2 Å². The Hall–Kier alpha value is -1.63. The summed E-state index contributed by atoms with van der Waals surface area (Å²) in [6, 6.07) is 15.0. The molecule has 0 unspecified atom stereocenters. The van der Waals surface area contributed by atoms with Crippen LogP contribution in [0, 0.1) is 5.41 Å². The molecule has 0 aliphatic carbocycles. The molecule has 0 aromatic heterocycles. The summed E-state index contributed by atoms with van der Waals surface area (Å²) >= 11 is 0. The first-order valence-corrected chi connectivity index (χ1v) is 6.57. The average molecular weight is 239 g/mol. The molecule has 0 N–H and O–H groups in total. The average Bonchev–Trinajstić information content (AvgIpc) is 2.34. The first-order valence-electron chi connectivity index (χ1n) is 6.57. The van der Waals surface area contributed by atoms with Gasteiger partial charge in [0.05, 0.1) is 0 Å². The van der Waals surface area contributed by atoms with E-state index in [9.17, 15) is 0 Å². The molecule has 0 aliphatic heterocycles. The number of hydrogen-bond acceptors (Lipinski definition) is 1. The molecule has 0 amide bonds. The lowest BCUT2D eigenvalue weighted by molar-refractivity contribution is 0.590. The Morgan fingerprint density at radius 1 is 1.00 bits per heavy atom. The fraction of sp³-hybridized carbons (Fsp3) is 0.353. The molecular formula is C17H21N. The van der Waals surface area contributed by atoms with E-state index in [0.29, 0.717) is 0 Å². The summed E-state index contributed by atoms with van der Waals surface area (Å²) in [6.45, 7) is 9.60. The topological polar surface area (TPSA) is 12.4 Å². The van der Waals surface area contributed by atoms with Gasteiger partial charge in [-0.3, -0.25) is 4.99 Å². The molecule has 2 aromatic rings. The lowest BCUT2D eigenvalue weighted by atomic mass is 9.83. The van der Waals surface area contributed by atoms with Crippen LogP contribution < -0.4 is 0 Å². The molecule has 0 heterocycles. The zero-order chi connectivity index (χ0) is 13.2. The van der Waals surface area contributed by atoms with Crippen LogP contribution in [0.25, 0.3) is 10.8 Å². The third-order valence-electron chi connectivity index (χ3n) is 3.07.